The van der Waals surface area contributed by atoms with Crippen molar-refractivity contribution in [2.45, 2.75) is 13.0 Å². The predicted octanol–water partition coefficient (Wildman–Crippen LogP) is 3.30. The third-order valence-electron chi connectivity index (χ3n) is 3.18. The van der Waals surface area contributed by atoms with E-state index in [9.17, 15) is 20.0 Å². The summed E-state index contributed by atoms with van der Waals surface area (Å²) in [5.41, 5.74) is 1.66. The monoisotopic (exact) mass is 312 g/mol. The Morgan fingerprint density at radius 1 is 1.26 bits per heavy atom. The first-order chi connectivity index (χ1) is 11.0. The van der Waals surface area contributed by atoms with E-state index in [1.54, 1.807) is 43.3 Å². The maximum atomic E-state index is 12.0. The number of carbonyl (C=O) groups is 1. The van der Waals surface area contributed by atoms with Crippen molar-refractivity contribution in [2.24, 2.45) is 0 Å². The smallest absolute Gasteiger partial charge is 0.270 e. The number of nitrogens with zero attached hydrogens (tertiary/aromatic N) is 1. The minimum atomic E-state index is -0.702. The molecule has 118 valence electrons. The van der Waals surface area contributed by atoms with Crippen molar-refractivity contribution >= 4 is 23.4 Å². The molecule has 23 heavy (non-hydrogen) atoms. The van der Waals surface area contributed by atoms with Crippen LogP contribution in [0.15, 0.2) is 54.6 Å². The van der Waals surface area contributed by atoms with Gasteiger partial charge in [0.25, 0.3) is 5.69 Å². The van der Waals surface area contributed by atoms with Crippen molar-refractivity contribution in [1.29, 1.82) is 0 Å². The fraction of sp³-hybridized carbons (Fsp3) is 0.118. The zero-order valence-corrected chi connectivity index (χ0v) is 12.5. The van der Waals surface area contributed by atoms with Gasteiger partial charge in [0.05, 0.1) is 11.0 Å². The Balaban J connectivity index is 2.11. The lowest BCUT2D eigenvalue weighted by Gasteiger charge is -2.11. The number of benzene rings is 2. The molecule has 0 saturated carbocycles. The number of para-hydroxylation sites is 1. The largest absolute Gasteiger partial charge is 0.389 e. The number of hydrogen-bond donors (Lipinski definition) is 2. The van der Waals surface area contributed by atoms with Crippen LogP contribution in [0.5, 0.6) is 0 Å². The van der Waals surface area contributed by atoms with Crippen LogP contribution in [0.4, 0.5) is 11.4 Å². The maximum Gasteiger partial charge on any atom is 0.270 e. The lowest BCUT2D eigenvalue weighted by molar-refractivity contribution is -0.384. The Kier molecular flexibility index (Phi) is 5.22. The molecule has 0 aliphatic carbocycles. The van der Waals surface area contributed by atoms with Crippen molar-refractivity contribution in [2.75, 3.05) is 5.32 Å². The van der Waals surface area contributed by atoms with Crippen LogP contribution in [-0.4, -0.2) is 15.9 Å². The first-order valence-corrected chi connectivity index (χ1v) is 6.98. The molecule has 2 rings (SSSR count). The van der Waals surface area contributed by atoms with Gasteiger partial charge in [-0.3, -0.25) is 14.9 Å². The molecule has 0 aromatic heterocycles. The summed E-state index contributed by atoms with van der Waals surface area (Å²) in [6.45, 7) is 1.62. The van der Waals surface area contributed by atoms with Crippen LogP contribution in [0.1, 0.15) is 24.2 Å². The van der Waals surface area contributed by atoms with E-state index in [-0.39, 0.29) is 11.6 Å². The standard InChI is InChI=1S/C17H16N2O4/c1-12(20)15-7-2-3-8-16(15)18-17(21)10-9-13-5-4-6-14(11-13)19(22)23/h2-12,20H,1H3,(H,18,21)/b10-9+. The van der Waals surface area contributed by atoms with E-state index in [1.807, 2.05) is 0 Å². The molecule has 0 radical (unpaired) electrons. The number of non-ortho nitro benzene ring substituents is 1. The van der Waals surface area contributed by atoms with Gasteiger partial charge in [-0.25, -0.2) is 0 Å². The zero-order chi connectivity index (χ0) is 16.8. The van der Waals surface area contributed by atoms with Crippen LogP contribution in [-0.2, 0) is 4.79 Å². The highest BCUT2D eigenvalue weighted by Gasteiger charge is 2.09. The number of aliphatic hydroxyl groups is 1. The Morgan fingerprint density at radius 2 is 2.00 bits per heavy atom. The van der Waals surface area contributed by atoms with E-state index >= 15 is 0 Å². The van der Waals surface area contributed by atoms with E-state index in [0.29, 0.717) is 16.8 Å². The van der Waals surface area contributed by atoms with Crippen LogP contribution in [0.25, 0.3) is 6.08 Å². The van der Waals surface area contributed by atoms with Crippen molar-refractivity contribution in [3.05, 3.63) is 75.8 Å². The van der Waals surface area contributed by atoms with Gasteiger partial charge in [0.2, 0.25) is 5.91 Å². The summed E-state index contributed by atoms with van der Waals surface area (Å²) in [5.74, 6) is -0.385. The van der Waals surface area contributed by atoms with Crippen molar-refractivity contribution in [3.63, 3.8) is 0 Å². The second kappa shape index (κ2) is 7.33. The van der Waals surface area contributed by atoms with Crippen LogP contribution < -0.4 is 5.32 Å². The summed E-state index contributed by atoms with van der Waals surface area (Å²) in [5, 5.41) is 23.1. The number of rotatable bonds is 5. The average molecular weight is 312 g/mol. The zero-order valence-electron chi connectivity index (χ0n) is 12.5. The molecule has 0 bridgehead atoms. The second-order valence-corrected chi connectivity index (χ2v) is 4.94. The summed E-state index contributed by atoms with van der Waals surface area (Å²) >= 11 is 0. The molecule has 2 aromatic rings. The normalized spacial score (nSPS) is 12.1. The third kappa shape index (κ3) is 4.49. The fourth-order valence-corrected chi connectivity index (χ4v) is 2.06. The third-order valence-corrected chi connectivity index (χ3v) is 3.18. The number of amides is 1. The molecular formula is C17H16N2O4. The molecule has 2 N–H and O–H groups in total. The Morgan fingerprint density at radius 3 is 2.70 bits per heavy atom. The Bertz CT molecular complexity index is 754. The molecule has 0 heterocycles. The van der Waals surface area contributed by atoms with Crippen LogP contribution in [0, 0.1) is 10.1 Å². The van der Waals surface area contributed by atoms with Crippen molar-refractivity contribution < 1.29 is 14.8 Å². The lowest BCUT2D eigenvalue weighted by Crippen LogP contribution is -2.10. The molecule has 1 amide bonds. The Hall–Kier alpha value is -2.99. The van der Waals surface area contributed by atoms with Crippen molar-refractivity contribution in [1.82, 2.24) is 0 Å². The van der Waals surface area contributed by atoms with Gasteiger partial charge in [-0.05, 0) is 24.6 Å². The molecule has 0 aliphatic heterocycles. The van der Waals surface area contributed by atoms with Crippen LogP contribution >= 0.6 is 0 Å². The minimum absolute atomic E-state index is 0.0352. The molecule has 0 fully saturated rings. The first-order valence-electron chi connectivity index (χ1n) is 6.98. The molecule has 2 aromatic carbocycles. The van der Waals surface area contributed by atoms with Crippen LogP contribution in [0.2, 0.25) is 0 Å². The molecule has 1 unspecified atom stereocenters. The maximum absolute atomic E-state index is 12.0. The Labute approximate surface area is 133 Å². The van der Waals surface area contributed by atoms with Crippen LogP contribution in [0.3, 0.4) is 0 Å². The van der Waals surface area contributed by atoms with E-state index in [0.717, 1.165) is 0 Å². The summed E-state index contributed by atoms with van der Waals surface area (Å²) < 4.78 is 0. The van der Waals surface area contributed by atoms with E-state index in [2.05, 4.69) is 5.32 Å². The van der Waals surface area contributed by atoms with Crippen molar-refractivity contribution in [3.8, 4) is 0 Å². The van der Waals surface area contributed by atoms with Gasteiger partial charge in [0.15, 0.2) is 0 Å². The highest BCUT2D eigenvalue weighted by molar-refractivity contribution is 6.02. The average Bonchev–Trinajstić information content (AvgIpc) is 2.53. The SMILES string of the molecule is CC(O)c1ccccc1NC(=O)/C=C/c1cccc([N+](=O)[O-])c1. The predicted molar refractivity (Wildman–Crippen MR) is 87.8 cm³/mol. The molecule has 1 atom stereocenters. The molecule has 6 heteroatoms. The van der Waals surface area contributed by atoms with Gasteiger partial charge in [0, 0.05) is 29.5 Å². The number of carbonyl (C=O) groups excluding carboxylic acids is 1. The van der Waals surface area contributed by atoms with Gasteiger partial charge in [-0.1, -0.05) is 30.3 Å². The number of hydrogen-bond acceptors (Lipinski definition) is 4. The number of aliphatic hydroxyl groups excluding tert-OH is 1. The van der Waals surface area contributed by atoms with Gasteiger partial charge in [0.1, 0.15) is 0 Å². The molecule has 0 saturated heterocycles. The molecule has 6 nitrogen and oxygen atoms in total. The quantitative estimate of drug-likeness (QED) is 0.503. The summed E-state index contributed by atoms with van der Waals surface area (Å²) in [6, 6.07) is 12.9. The molecular weight excluding hydrogens is 296 g/mol. The number of nitro groups is 1. The topological polar surface area (TPSA) is 92.5 Å². The minimum Gasteiger partial charge on any atom is -0.389 e. The summed E-state index contributed by atoms with van der Waals surface area (Å²) in [6.07, 6.45) is 2.08. The van der Waals surface area contributed by atoms with E-state index < -0.39 is 11.0 Å². The van der Waals surface area contributed by atoms with E-state index in [4.69, 9.17) is 0 Å². The first kappa shape index (κ1) is 16.4. The number of nitrogens with one attached hydrogen (secondary N) is 1. The second-order valence-electron chi connectivity index (χ2n) is 4.94. The molecule has 0 aliphatic rings. The lowest BCUT2D eigenvalue weighted by atomic mass is 10.1. The van der Waals surface area contributed by atoms with Gasteiger partial charge in [-0.15, -0.1) is 0 Å². The van der Waals surface area contributed by atoms with Gasteiger partial charge in [-0.2, -0.15) is 0 Å². The highest BCUT2D eigenvalue weighted by Crippen LogP contribution is 2.22. The van der Waals surface area contributed by atoms with Gasteiger partial charge < -0.3 is 10.4 Å². The fourth-order valence-electron chi connectivity index (χ4n) is 2.06. The highest BCUT2D eigenvalue weighted by atomic mass is 16.6. The molecule has 0 spiro atoms. The number of nitro benzene ring substituents is 1. The number of anilines is 1. The summed E-state index contributed by atoms with van der Waals surface area (Å²) in [7, 11) is 0. The summed E-state index contributed by atoms with van der Waals surface area (Å²) in [4.78, 5) is 22.2. The van der Waals surface area contributed by atoms with Gasteiger partial charge >= 0.3 is 0 Å². The van der Waals surface area contributed by atoms with E-state index in [1.165, 1.54) is 24.3 Å².